The van der Waals surface area contributed by atoms with E-state index in [1.165, 1.54) is 23.9 Å². The van der Waals surface area contributed by atoms with E-state index in [2.05, 4.69) is 4.98 Å². The van der Waals surface area contributed by atoms with E-state index in [1.807, 2.05) is 0 Å². The summed E-state index contributed by atoms with van der Waals surface area (Å²) in [7, 11) is 0. The molecule has 0 aliphatic heterocycles. The SMILES string of the molecule is Fc1ccc(SCc2nc(Cl)ccc2Cl)c(F)c1. The molecule has 0 aliphatic carbocycles. The summed E-state index contributed by atoms with van der Waals surface area (Å²) in [4.78, 5) is 4.39. The predicted molar refractivity (Wildman–Crippen MR) is 70.2 cm³/mol. The Morgan fingerprint density at radius 2 is 1.89 bits per heavy atom. The summed E-state index contributed by atoms with van der Waals surface area (Å²) >= 11 is 12.9. The fourth-order valence-electron chi connectivity index (χ4n) is 1.30. The molecule has 0 aliphatic rings. The molecule has 1 aromatic heterocycles. The second kappa shape index (κ2) is 5.87. The second-order valence-electron chi connectivity index (χ2n) is 3.43. The van der Waals surface area contributed by atoms with E-state index in [0.717, 1.165) is 6.07 Å². The van der Waals surface area contributed by atoms with Gasteiger partial charge in [-0.2, -0.15) is 0 Å². The highest BCUT2D eigenvalue weighted by Gasteiger charge is 2.08. The maximum Gasteiger partial charge on any atom is 0.139 e. The van der Waals surface area contributed by atoms with Crippen molar-refractivity contribution in [3.63, 3.8) is 0 Å². The molecule has 0 amide bonds. The Morgan fingerprint density at radius 1 is 1.11 bits per heavy atom. The lowest BCUT2D eigenvalue weighted by atomic mass is 10.3. The van der Waals surface area contributed by atoms with E-state index >= 15 is 0 Å². The Labute approximate surface area is 117 Å². The molecule has 94 valence electrons. The number of thioether (sulfide) groups is 1. The molecule has 0 spiro atoms. The molecule has 0 N–H and O–H groups in total. The van der Waals surface area contributed by atoms with Crippen LogP contribution in [0.15, 0.2) is 35.2 Å². The zero-order valence-corrected chi connectivity index (χ0v) is 11.3. The molecule has 0 radical (unpaired) electrons. The van der Waals surface area contributed by atoms with Gasteiger partial charge in [0.15, 0.2) is 0 Å². The van der Waals surface area contributed by atoms with Crippen molar-refractivity contribution in [2.45, 2.75) is 10.6 Å². The number of benzene rings is 1. The normalized spacial score (nSPS) is 10.7. The second-order valence-corrected chi connectivity index (χ2v) is 5.24. The number of hydrogen-bond acceptors (Lipinski definition) is 2. The monoisotopic (exact) mass is 305 g/mol. The van der Waals surface area contributed by atoms with Crippen LogP contribution < -0.4 is 0 Å². The molecule has 0 fully saturated rings. The molecule has 0 unspecified atom stereocenters. The number of nitrogens with zero attached hydrogens (tertiary/aromatic N) is 1. The first kappa shape index (κ1) is 13.6. The van der Waals surface area contributed by atoms with Gasteiger partial charge in [0.1, 0.15) is 16.8 Å². The first-order valence-corrected chi connectivity index (χ1v) is 6.69. The number of pyridine rings is 1. The number of aromatic nitrogens is 1. The minimum atomic E-state index is -0.601. The van der Waals surface area contributed by atoms with Gasteiger partial charge in [0.05, 0.1) is 10.7 Å². The summed E-state index contributed by atoms with van der Waals surface area (Å²) in [6, 6.07) is 6.64. The van der Waals surface area contributed by atoms with E-state index in [-0.39, 0.29) is 0 Å². The van der Waals surface area contributed by atoms with Gasteiger partial charge >= 0.3 is 0 Å². The number of rotatable bonds is 3. The van der Waals surface area contributed by atoms with Gasteiger partial charge in [-0.15, -0.1) is 11.8 Å². The molecular formula is C12H7Cl2F2NS. The maximum absolute atomic E-state index is 13.4. The fourth-order valence-corrected chi connectivity index (χ4v) is 2.59. The first-order chi connectivity index (χ1) is 8.56. The smallest absolute Gasteiger partial charge is 0.139 e. The highest BCUT2D eigenvalue weighted by molar-refractivity contribution is 7.98. The molecule has 2 aromatic rings. The average molecular weight is 306 g/mol. The van der Waals surface area contributed by atoms with Crippen molar-refractivity contribution in [3.8, 4) is 0 Å². The van der Waals surface area contributed by atoms with Crippen LogP contribution in [0.4, 0.5) is 8.78 Å². The summed E-state index contributed by atoms with van der Waals surface area (Å²) in [5.74, 6) is -0.837. The van der Waals surface area contributed by atoms with E-state index in [1.54, 1.807) is 12.1 Å². The summed E-state index contributed by atoms with van der Waals surface area (Å²) in [5.41, 5.74) is 0.567. The molecule has 0 saturated carbocycles. The van der Waals surface area contributed by atoms with E-state index < -0.39 is 11.6 Å². The Balaban J connectivity index is 2.13. The highest BCUT2D eigenvalue weighted by Crippen LogP contribution is 2.28. The lowest BCUT2D eigenvalue weighted by Gasteiger charge is -2.05. The lowest BCUT2D eigenvalue weighted by molar-refractivity contribution is 0.565. The molecule has 6 heteroatoms. The molecule has 0 bridgehead atoms. The molecule has 0 atom stereocenters. The van der Waals surface area contributed by atoms with Gasteiger partial charge in [-0.25, -0.2) is 13.8 Å². The van der Waals surface area contributed by atoms with Crippen LogP contribution >= 0.6 is 35.0 Å². The van der Waals surface area contributed by atoms with Gasteiger partial charge in [0.2, 0.25) is 0 Å². The van der Waals surface area contributed by atoms with E-state index in [9.17, 15) is 8.78 Å². The Kier molecular flexibility index (Phi) is 4.43. The molecule has 2 rings (SSSR count). The minimum absolute atomic E-state index is 0.328. The van der Waals surface area contributed by atoms with Crippen LogP contribution in [-0.2, 0) is 5.75 Å². The zero-order valence-electron chi connectivity index (χ0n) is 8.96. The predicted octanol–water partition coefficient (Wildman–Crippen LogP) is 4.96. The maximum atomic E-state index is 13.4. The third-order valence-corrected chi connectivity index (χ3v) is 3.76. The van der Waals surface area contributed by atoms with Crippen LogP contribution in [0.5, 0.6) is 0 Å². The van der Waals surface area contributed by atoms with Crippen molar-refractivity contribution in [3.05, 3.63) is 57.8 Å². The van der Waals surface area contributed by atoms with Crippen LogP contribution in [0.3, 0.4) is 0 Å². The van der Waals surface area contributed by atoms with Gasteiger partial charge in [-0.1, -0.05) is 23.2 Å². The summed E-state index contributed by atoms with van der Waals surface area (Å²) in [5, 5.41) is 0.795. The molecule has 1 nitrogen and oxygen atoms in total. The molecule has 1 aromatic carbocycles. The quantitative estimate of drug-likeness (QED) is 0.587. The lowest BCUT2D eigenvalue weighted by Crippen LogP contribution is -1.90. The standard InChI is InChI=1S/C12H7Cl2F2NS/c13-8-2-4-12(14)17-10(8)6-18-11-3-1-7(15)5-9(11)16/h1-5H,6H2. The van der Waals surface area contributed by atoms with Gasteiger partial charge in [0, 0.05) is 16.7 Å². The van der Waals surface area contributed by atoms with E-state index in [0.29, 0.717) is 26.5 Å². The fraction of sp³-hybridized carbons (Fsp3) is 0.0833. The van der Waals surface area contributed by atoms with Crippen molar-refractivity contribution in [1.82, 2.24) is 4.98 Å². The summed E-state index contributed by atoms with van der Waals surface area (Å²) in [6.45, 7) is 0. The topological polar surface area (TPSA) is 12.9 Å². The largest absolute Gasteiger partial charge is 0.239 e. The van der Waals surface area contributed by atoms with E-state index in [4.69, 9.17) is 23.2 Å². The van der Waals surface area contributed by atoms with Crippen molar-refractivity contribution < 1.29 is 8.78 Å². The van der Waals surface area contributed by atoms with Crippen molar-refractivity contribution in [1.29, 1.82) is 0 Å². The first-order valence-electron chi connectivity index (χ1n) is 4.95. The number of halogens is 4. The minimum Gasteiger partial charge on any atom is -0.239 e. The van der Waals surface area contributed by atoms with Gasteiger partial charge in [-0.05, 0) is 24.3 Å². The molecule has 0 saturated heterocycles. The van der Waals surface area contributed by atoms with Crippen LogP contribution in [0.1, 0.15) is 5.69 Å². The molecule has 18 heavy (non-hydrogen) atoms. The van der Waals surface area contributed by atoms with Crippen LogP contribution in [0.25, 0.3) is 0 Å². The third kappa shape index (κ3) is 3.34. The Bertz CT molecular complexity index is 578. The summed E-state index contributed by atoms with van der Waals surface area (Å²) < 4.78 is 26.1. The zero-order chi connectivity index (χ0) is 13.1. The van der Waals surface area contributed by atoms with Crippen molar-refractivity contribution >= 4 is 35.0 Å². The number of hydrogen-bond donors (Lipinski definition) is 0. The van der Waals surface area contributed by atoms with Crippen molar-refractivity contribution in [2.24, 2.45) is 0 Å². The Morgan fingerprint density at radius 3 is 2.61 bits per heavy atom. The highest BCUT2D eigenvalue weighted by atomic mass is 35.5. The summed E-state index contributed by atoms with van der Waals surface area (Å²) in [6.07, 6.45) is 0. The van der Waals surface area contributed by atoms with Crippen LogP contribution in [0.2, 0.25) is 10.2 Å². The van der Waals surface area contributed by atoms with Crippen LogP contribution in [0, 0.1) is 11.6 Å². The Hall–Kier alpha value is -0.840. The van der Waals surface area contributed by atoms with Gasteiger partial charge < -0.3 is 0 Å². The average Bonchev–Trinajstić information content (AvgIpc) is 2.32. The third-order valence-electron chi connectivity index (χ3n) is 2.14. The molecule has 1 heterocycles. The van der Waals surface area contributed by atoms with Gasteiger partial charge in [-0.3, -0.25) is 0 Å². The van der Waals surface area contributed by atoms with Crippen molar-refractivity contribution in [2.75, 3.05) is 0 Å². The van der Waals surface area contributed by atoms with Crippen LogP contribution in [-0.4, -0.2) is 4.98 Å². The van der Waals surface area contributed by atoms with Gasteiger partial charge in [0.25, 0.3) is 0 Å². The molecular weight excluding hydrogens is 299 g/mol.